The molecule has 0 radical (unpaired) electrons. The summed E-state index contributed by atoms with van der Waals surface area (Å²) in [5, 5.41) is 0. The van der Waals surface area contributed by atoms with Crippen LogP contribution in [0.25, 0.3) is 0 Å². The predicted molar refractivity (Wildman–Crippen MR) is 38.7 cm³/mol. The molecule has 0 spiro atoms. The van der Waals surface area contributed by atoms with Crippen LogP contribution in [0.4, 0.5) is 13.6 Å². The van der Waals surface area contributed by atoms with Crippen molar-refractivity contribution in [2.24, 2.45) is 11.5 Å². The summed E-state index contributed by atoms with van der Waals surface area (Å²) in [6.45, 7) is 1.13. The Kier molecular flexibility index (Phi) is 3.88. The summed E-state index contributed by atoms with van der Waals surface area (Å²) in [5.41, 5.74) is 8.44. The third kappa shape index (κ3) is 4.07. The number of primary amides is 1. The van der Waals surface area contributed by atoms with Crippen LogP contribution in [0.3, 0.4) is 0 Å². The molecule has 0 aliphatic carbocycles. The molecule has 0 saturated carbocycles. The summed E-state index contributed by atoms with van der Waals surface area (Å²) in [7, 11) is 0. The van der Waals surface area contributed by atoms with E-state index in [1.807, 2.05) is 0 Å². The fourth-order valence-corrected chi connectivity index (χ4v) is 0.736. The third-order valence-corrected chi connectivity index (χ3v) is 1.36. The van der Waals surface area contributed by atoms with Crippen molar-refractivity contribution in [1.29, 1.82) is 0 Å². The SMILES string of the molecule is CC(CN)(CC(F)F)OC(N)=O. The number of halogens is 2. The van der Waals surface area contributed by atoms with E-state index in [1.54, 1.807) is 0 Å². The Morgan fingerprint density at radius 1 is 1.67 bits per heavy atom. The van der Waals surface area contributed by atoms with Crippen molar-refractivity contribution < 1.29 is 18.3 Å². The van der Waals surface area contributed by atoms with Gasteiger partial charge in [0.1, 0.15) is 5.60 Å². The van der Waals surface area contributed by atoms with Gasteiger partial charge in [0.25, 0.3) is 0 Å². The lowest BCUT2D eigenvalue weighted by molar-refractivity contribution is -0.0136. The summed E-state index contributed by atoms with van der Waals surface area (Å²) in [6, 6.07) is 0. The lowest BCUT2D eigenvalue weighted by Gasteiger charge is -2.26. The average Bonchev–Trinajstić information content (AvgIpc) is 1.83. The molecule has 0 bridgehead atoms. The van der Waals surface area contributed by atoms with Crippen LogP contribution in [0.5, 0.6) is 0 Å². The first-order chi connectivity index (χ1) is 5.39. The van der Waals surface area contributed by atoms with Crippen molar-refractivity contribution in [2.45, 2.75) is 25.4 Å². The number of alkyl halides is 2. The highest BCUT2D eigenvalue weighted by Gasteiger charge is 2.30. The van der Waals surface area contributed by atoms with E-state index in [0.717, 1.165) is 0 Å². The molecule has 0 aromatic rings. The van der Waals surface area contributed by atoms with Gasteiger partial charge in [0.15, 0.2) is 0 Å². The largest absolute Gasteiger partial charge is 0.442 e. The van der Waals surface area contributed by atoms with Crippen LogP contribution in [0.1, 0.15) is 13.3 Å². The van der Waals surface area contributed by atoms with Gasteiger partial charge in [0.2, 0.25) is 6.43 Å². The van der Waals surface area contributed by atoms with Gasteiger partial charge >= 0.3 is 6.09 Å². The van der Waals surface area contributed by atoms with Gasteiger partial charge in [-0.15, -0.1) is 0 Å². The Labute approximate surface area is 68.8 Å². The Morgan fingerprint density at radius 3 is 2.42 bits per heavy atom. The van der Waals surface area contributed by atoms with Crippen LogP contribution in [0.15, 0.2) is 0 Å². The van der Waals surface area contributed by atoms with Gasteiger partial charge in [-0.3, -0.25) is 0 Å². The van der Waals surface area contributed by atoms with Gasteiger partial charge in [-0.1, -0.05) is 0 Å². The van der Waals surface area contributed by atoms with Gasteiger partial charge in [-0.2, -0.15) is 0 Å². The van der Waals surface area contributed by atoms with Crippen LogP contribution < -0.4 is 11.5 Å². The predicted octanol–water partition coefficient (Wildman–Crippen LogP) is 0.454. The van der Waals surface area contributed by atoms with Crippen molar-refractivity contribution in [3.8, 4) is 0 Å². The maximum atomic E-state index is 11.9. The number of carbonyl (C=O) groups excluding carboxylic acids is 1. The number of rotatable bonds is 4. The molecule has 0 aromatic heterocycles. The monoisotopic (exact) mass is 182 g/mol. The standard InChI is InChI=1S/C6H12F2N2O2/c1-6(3-9,2-4(7)8)12-5(10)11/h4H,2-3,9H2,1H3,(H2,10,11). The number of hydrogen-bond acceptors (Lipinski definition) is 3. The minimum Gasteiger partial charge on any atom is -0.442 e. The van der Waals surface area contributed by atoms with Crippen molar-refractivity contribution in [3.63, 3.8) is 0 Å². The highest BCUT2D eigenvalue weighted by molar-refractivity contribution is 5.65. The summed E-state index contributed by atoms with van der Waals surface area (Å²) < 4.78 is 28.2. The minimum absolute atomic E-state index is 0.180. The smallest absolute Gasteiger partial charge is 0.405 e. The summed E-state index contributed by atoms with van der Waals surface area (Å²) >= 11 is 0. The van der Waals surface area contributed by atoms with E-state index < -0.39 is 24.5 Å². The van der Waals surface area contributed by atoms with E-state index >= 15 is 0 Å². The van der Waals surface area contributed by atoms with Gasteiger partial charge in [-0.25, -0.2) is 13.6 Å². The van der Waals surface area contributed by atoms with Crippen LogP contribution in [0, 0.1) is 0 Å². The molecule has 72 valence electrons. The average molecular weight is 182 g/mol. The van der Waals surface area contributed by atoms with Crippen molar-refractivity contribution in [3.05, 3.63) is 0 Å². The molecule has 0 saturated heterocycles. The van der Waals surface area contributed by atoms with Crippen molar-refractivity contribution >= 4 is 6.09 Å². The quantitative estimate of drug-likeness (QED) is 0.662. The molecule has 0 aromatic carbocycles. The lowest BCUT2D eigenvalue weighted by atomic mass is 10.0. The van der Waals surface area contributed by atoms with E-state index in [0.29, 0.717) is 0 Å². The van der Waals surface area contributed by atoms with Crippen LogP contribution in [0.2, 0.25) is 0 Å². The van der Waals surface area contributed by atoms with E-state index in [-0.39, 0.29) is 6.54 Å². The zero-order chi connectivity index (χ0) is 9.78. The fraction of sp³-hybridized carbons (Fsp3) is 0.833. The van der Waals surface area contributed by atoms with Gasteiger partial charge in [0, 0.05) is 13.0 Å². The zero-order valence-corrected chi connectivity index (χ0v) is 6.72. The molecule has 12 heavy (non-hydrogen) atoms. The van der Waals surface area contributed by atoms with Crippen molar-refractivity contribution in [1.82, 2.24) is 0 Å². The van der Waals surface area contributed by atoms with Crippen molar-refractivity contribution in [2.75, 3.05) is 6.54 Å². The van der Waals surface area contributed by atoms with Gasteiger partial charge in [0.05, 0.1) is 0 Å². The van der Waals surface area contributed by atoms with Gasteiger partial charge in [-0.05, 0) is 6.92 Å². The normalized spacial score (nSPS) is 15.8. The molecule has 0 aliphatic rings. The van der Waals surface area contributed by atoms with Crippen LogP contribution in [-0.4, -0.2) is 24.7 Å². The molecular formula is C6H12F2N2O2. The van der Waals surface area contributed by atoms with E-state index in [1.165, 1.54) is 6.92 Å². The van der Waals surface area contributed by atoms with E-state index in [4.69, 9.17) is 5.73 Å². The maximum Gasteiger partial charge on any atom is 0.405 e. The lowest BCUT2D eigenvalue weighted by Crippen LogP contribution is -2.42. The molecule has 0 heterocycles. The highest BCUT2D eigenvalue weighted by Crippen LogP contribution is 2.18. The zero-order valence-electron chi connectivity index (χ0n) is 6.72. The number of carbonyl (C=O) groups is 1. The molecule has 1 atom stereocenters. The molecule has 0 rings (SSSR count). The molecule has 1 amide bonds. The first-order valence-electron chi connectivity index (χ1n) is 3.36. The Hall–Kier alpha value is -0.910. The third-order valence-electron chi connectivity index (χ3n) is 1.36. The first-order valence-corrected chi connectivity index (χ1v) is 3.36. The minimum atomic E-state index is -2.57. The maximum absolute atomic E-state index is 11.9. The number of nitrogens with two attached hydrogens (primary N) is 2. The molecule has 0 aliphatic heterocycles. The number of amides is 1. The molecular weight excluding hydrogens is 170 g/mol. The fourth-order valence-electron chi connectivity index (χ4n) is 0.736. The summed E-state index contributed by atoms with van der Waals surface area (Å²) in [5.74, 6) is 0. The molecule has 4 nitrogen and oxygen atoms in total. The summed E-state index contributed by atoms with van der Waals surface area (Å²) in [6.07, 6.45) is -4.27. The first kappa shape index (κ1) is 11.1. The number of ether oxygens (including phenoxy) is 1. The Bertz CT molecular complexity index is 166. The van der Waals surface area contributed by atoms with Crippen LogP contribution >= 0.6 is 0 Å². The highest BCUT2D eigenvalue weighted by atomic mass is 19.3. The molecule has 4 N–H and O–H groups in total. The Morgan fingerprint density at radius 2 is 2.17 bits per heavy atom. The van der Waals surface area contributed by atoms with E-state index in [2.05, 4.69) is 10.5 Å². The molecule has 0 fully saturated rings. The second kappa shape index (κ2) is 4.20. The Balaban J connectivity index is 4.13. The van der Waals surface area contributed by atoms with E-state index in [9.17, 15) is 13.6 Å². The van der Waals surface area contributed by atoms with Crippen LogP contribution in [-0.2, 0) is 4.74 Å². The summed E-state index contributed by atoms with van der Waals surface area (Å²) in [4.78, 5) is 10.3. The second-order valence-corrected chi connectivity index (χ2v) is 2.67. The topological polar surface area (TPSA) is 78.3 Å². The number of hydrogen-bond donors (Lipinski definition) is 2. The second-order valence-electron chi connectivity index (χ2n) is 2.67. The molecule has 1 unspecified atom stereocenters. The molecule has 6 heteroatoms. The van der Waals surface area contributed by atoms with Gasteiger partial charge < -0.3 is 16.2 Å².